The van der Waals surface area contributed by atoms with Crippen molar-refractivity contribution in [2.75, 3.05) is 0 Å². The molecule has 0 radical (unpaired) electrons. The van der Waals surface area contributed by atoms with Gasteiger partial charge in [-0.05, 0) is 49.3 Å². The molecule has 24 heavy (non-hydrogen) atoms. The lowest BCUT2D eigenvalue weighted by Gasteiger charge is -2.29. The fraction of sp³-hybridized carbons (Fsp3) is 0.529. The van der Waals surface area contributed by atoms with Gasteiger partial charge >= 0.3 is 12.1 Å². The van der Waals surface area contributed by atoms with Gasteiger partial charge in [0.2, 0.25) is 5.91 Å². The molecule has 0 heterocycles. The lowest BCUT2D eigenvalue weighted by Crippen LogP contribution is -2.30. The Kier molecular flexibility index (Phi) is 5.85. The van der Waals surface area contributed by atoms with Crippen LogP contribution in [0.15, 0.2) is 24.3 Å². The molecule has 0 spiro atoms. The van der Waals surface area contributed by atoms with Gasteiger partial charge in [-0.3, -0.25) is 4.79 Å². The third-order valence-corrected chi connectivity index (χ3v) is 4.47. The van der Waals surface area contributed by atoms with Crippen molar-refractivity contribution >= 4 is 11.9 Å². The van der Waals surface area contributed by atoms with Crippen LogP contribution < -0.4 is 5.32 Å². The number of rotatable bonds is 5. The van der Waals surface area contributed by atoms with E-state index in [1.54, 1.807) is 12.1 Å². The van der Waals surface area contributed by atoms with Crippen LogP contribution in [0.25, 0.3) is 0 Å². The highest BCUT2D eigenvalue weighted by Crippen LogP contribution is 2.40. The molecule has 0 aliphatic heterocycles. The maximum atomic E-state index is 12.6. The Morgan fingerprint density at radius 2 is 1.67 bits per heavy atom. The van der Waals surface area contributed by atoms with Crippen molar-refractivity contribution in [3.63, 3.8) is 0 Å². The Hall–Kier alpha value is -2.05. The summed E-state index contributed by atoms with van der Waals surface area (Å²) in [6, 6.07) is 6.17. The van der Waals surface area contributed by atoms with E-state index in [-0.39, 0.29) is 43.2 Å². The van der Waals surface area contributed by atoms with Gasteiger partial charge in [-0.1, -0.05) is 12.1 Å². The van der Waals surface area contributed by atoms with E-state index in [0.29, 0.717) is 12.8 Å². The number of carbonyl (C=O) groups is 2. The van der Waals surface area contributed by atoms with E-state index in [1.807, 2.05) is 0 Å². The number of carbonyl (C=O) groups excluding carboxylic acids is 1. The molecule has 132 valence electrons. The van der Waals surface area contributed by atoms with E-state index < -0.39 is 18.1 Å². The fourth-order valence-corrected chi connectivity index (χ4v) is 2.99. The molecular weight excluding hydrogens is 323 g/mol. The van der Waals surface area contributed by atoms with Crippen molar-refractivity contribution in [3.05, 3.63) is 35.4 Å². The molecule has 1 saturated carbocycles. The van der Waals surface area contributed by atoms with Gasteiger partial charge in [0, 0.05) is 13.0 Å². The Balaban J connectivity index is 1.73. The second-order valence-electron chi connectivity index (χ2n) is 6.24. The number of benzene rings is 1. The highest BCUT2D eigenvalue weighted by atomic mass is 19.4. The normalized spacial score (nSPS) is 21.3. The first-order valence-corrected chi connectivity index (χ1v) is 7.91. The summed E-state index contributed by atoms with van der Waals surface area (Å²) in [5.41, 5.74) is 0.945. The van der Waals surface area contributed by atoms with Gasteiger partial charge in [0.25, 0.3) is 0 Å². The van der Waals surface area contributed by atoms with Crippen molar-refractivity contribution in [3.8, 4) is 0 Å². The molecule has 0 aromatic heterocycles. The van der Waals surface area contributed by atoms with E-state index in [9.17, 15) is 22.8 Å². The molecule has 1 fully saturated rings. The molecule has 2 N–H and O–H groups in total. The van der Waals surface area contributed by atoms with Crippen molar-refractivity contribution in [2.24, 2.45) is 11.8 Å². The van der Waals surface area contributed by atoms with Crippen LogP contribution in [0.3, 0.4) is 0 Å². The van der Waals surface area contributed by atoms with Gasteiger partial charge in [0.15, 0.2) is 0 Å². The van der Waals surface area contributed by atoms with Gasteiger partial charge in [0.05, 0.1) is 11.5 Å². The lowest BCUT2D eigenvalue weighted by atomic mass is 9.80. The van der Waals surface area contributed by atoms with E-state index >= 15 is 0 Å². The molecule has 1 aliphatic carbocycles. The summed E-state index contributed by atoms with van der Waals surface area (Å²) in [6.07, 6.45) is -2.86. The number of amides is 1. The van der Waals surface area contributed by atoms with Crippen LogP contribution in [-0.4, -0.2) is 23.2 Å². The van der Waals surface area contributed by atoms with Crippen LogP contribution >= 0.6 is 0 Å². The zero-order valence-electron chi connectivity index (χ0n) is 13.1. The second-order valence-corrected chi connectivity index (χ2v) is 6.24. The lowest BCUT2D eigenvalue weighted by molar-refractivity contribution is -0.184. The molecule has 1 amide bonds. The van der Waals surface area contributed by atoms with Gasteiger partial charge in [0.1, 0.15) is 0 Å². The van der Waals surface area contributed by atoms with Crippen LogP contribution in [0.5, 0.6) is 0 Å². The topological polar surface area (TPSA) is 66.4 Å². The molecule has 4 nitrogen and oxygen atoms in total. The molecule has 1 aromatic rings. The molecule has 1 aliphatic rings. The predicted molar refractivity (Wildman–Crippen MR) is 81.4 cm³/mol. The number of hydrogen-bond donors (Lipinski definition) is 2. The van der Waals surface area contributed by atoms with Crippen LogP contribution in [0, 0.1) is 11.8 Å². The summed E-state index contributed by atoms with van der Waals surface area (Å²) < 4.78 is 37.8. The Morgan fingerprint density at radius 1 is 1.08 bits per heavy atom. The maximum Gasteiger partial charge on any atom is 0.391 e. The summed E-state index contributed by atoms with van der Waals surface area (Å²) in [4.78, 5) is 22.7. The molecular formula is C17H20F3NO3. The smallest absolute Gasteiger partial charge is 0.391 e. The number of aromatic carboxylic acids is 1. The van der Waals surface area contributed by atoms with Crippen molar-refractivity contribution in [1.82, 2.24) is 5.32 Å². The number of alkyl halides is 3. The zero-order valence-corrected chi connectivity index (χ0v) is 13.1. The minimum atomic E-state index is -4.13. The van der Waals surface area contributed by atoms with E-state index in [1.165, 1.54) is 12.1 Å². The summed E-state index contributed by atoms with van der Waals surface area (Å²) in [5, 5.41) is 11.5. The molecule has 0 bridgehead atoms. The first-order chi connectivity index (χ1) is 11.3. The summed E-state index contributed by atoms with van der Waals surface area (Å²) >= 11 is 0. The van der Waals surface area contributed by atoms with Crippen LogP contribution in [0.4, 0.5) is 13.2 Å². The maximum absolute atomic E-state index is 12.6. The third-order valence-electron chi connectivity index (χ3n) is 4.47. The zero-order chi connectivity index (χ0) is 17.7. The van der Waals surface area contributed by atoms with Gasteiger partial charge in [-0.2, -0.15) is 13.2 Å². The van der Waals surface area contributed by atoms with Crippen molar-refractivity contribution in [1.29, 1.82) is 0 Å². The van der Waals surface area contributed by atoms with Gasteiger partial charge in [-0.25, -0.2) is 4.79 Å². The Labute approximate surface area is 138 Å². The number of carboxylic acid groups (broad SMARTS) is 1. The standard InChI is InChI=1S/C17H20F3NO3/c18-17(19,20)14-7-3-11(4-8-14)9-15(22)21-10-12-1-5-13(6-2-12)16(23)24/h1-2,5-6,11,14H,3-4,7-10H2,(H,21,22)(H,23,24). The van der Waals surface area contributed by atoms with Crippen molar-refractivity contribution in [2.45, 2.75) is 44.8 Å². The first kappa shape index (κ1) is 18.3. The molecule has 0 saturated heterocycles. The molecule has 7 heteroatoms. The largest absolute Gasteiger partial charge is 0.478 e. The number of halogens is 3. The SMILES string of the molecule is O=C(CC1CCC(C(F)(F)F)CC1)NCc1ccc(C(=O)O)cc1. The Morgan fingerprint density at radius 3 is 2.17 bits per heavy atom. The number of carboxylic acids is 1. The van der Waals surface area contributed by atoms with E-state index in [0.717, 1.165) is 5.56 Å². The first-order valence-electron chi connectivity index (χ1n) is 7.91. The van der Waals surface area contributed by atoms with Gasteiger partial charge in [-0.15, -0.1) is 0 Å². The van der Waals surface area contributed by atoms with E-state index in [2.05, 4.69) is 5.32 Å². The molecule has 0 unspecified atom stereocenters. The molecule has 0 atom stereocenters. The minimum absolute atomic E-state index is 0.00186. The second kappa shape index (κ2) is 7.68. The average Bonchev–Trinajstić information content (AvgIpc) is 2.53. The van der Waals surface area contributed by atoms with E-state index in [4.69, 9.17) is 5.11 Å². The highest BCUT2D eigenvalue weighted by Gasteiger charge is 2.41. The van der Waals surface area contributed by atoms with Crippen molar-refractivity contribution < 1.29 is 27.9 Å². The average molecular weight is 343 g/mol. The quantitative estimate of drug-likeness (QED) is 0.855. The van der Waals surface area contributed by atoms with Gasteiger partial charge < -0.3 is 10.4 Å². The summed E-state index contributed by atoms with van der Waals surface area (Å²) in [5.74, 6) is -2.43. The Bertz CT molecular complexity index is 576. The van der Waals surface area contributed by atoms with Crippen LogP contribution in [0.1, 0.15) is 48.0 Å². The monoisotopic (exact) mass is 343 g/mol. The number of nitrogens with one attached hydrogen (secondary N) is 1. The third kappa shape index (κ3) is 5.25. The summed E-state index contributed by atoms with van der Waals surface area (Å²) in [7, 11) is 0. The number of hydrogen-bond acceptors (Lipinski definition) is 2. The molecule has 1 aromatic carbocycles. The summed E-state index contributed by atoms with van der Waals surface area (Å²) in [6.45, 7) is 0.274. The fourth-order valence-electron chi connectivity index (χ4n) is 2.99. The highest BCUT2D eigenvalue weighted by molar-refractivity contribution is 5.87. The predicted octanol–water partition coefficient (Wildman–Crippen LogP) is 3.76. The van der Waals surface area contributed by atoms with Crippen LogP contribution in [0.2, 0.25) is 0 Å². The molecule has 2 rings (SSSR count). The van der Waals surface area contributed by atoms with Crippen LogP contribution in [-0.2, 0) is 11.3 Å². The minimum Gasteiger partial charge on any atom is -0.478 e.